The van der Waals surface area contributed by atoms with Gasteiger partial charge in [-0.25, -0.2) is 0 Å². The number of nitrogens with one attached hydrogen (secondary N) is 1. The van der Waals surface area contributed by atoms with Crippen LogP contribution in [0, 0.1) is 13.7 Å². The molecular weight excluding hydrogens is 403 g/mol. The lowest BCUT2D eigenvalue weighted by atomic mass is 9.98. The third-order valence-corrected chi connectivity index (χ3v) is 4.51. The monoisotopic (exact) mass is 416 g/mol. The molecule has 4 nitrogen and oxygen atoms in total. The molecule has 0 heterocycles. The second-order valence-electron chi connectivity index (χ2n) is 4.60. The molecule has 1 atom stereocenters. The number of nitrogens with zero attached hydrogens (tertiary/aromatic N) is 1. The Balaban J connectivity index is 2.36. The van der Waals surface area contributed by atoms with E-state index in [9.17, 15) is 10.1 Å². The highest BCUT2D eigenvalue weighted by Crippen LogP contribution is 2.29. The van der Waals surface area contributed by atoms with Gasteiger partial charge in [-0.05, 0) is 59.8 Å². The fraction of sp³-hybridized carbons (Fsp3) is 0.200. The van der Waals surface area contributed by atoms with Crippen LogP contribution in [0.2, 0.25) is 5.02 Å². The lowest BCUT2D eigenvalue weighted by Crippen LogP contribution is -2.20. The molecule has 0 saturated heterocycles. The maximum absolute atomic E-state index is 11.1. The summed E-state index contributed by atoms with van der Waals surface area (Å²) in [6.45, 7) is 0. The minimum atomic E-state index is -0.342. The Morgan fingerprint density at radius 2 is 2.05 bits per heavy atom. The van der Waals surface area contributed by atoms with Crippen molar-refractivity contribution in [1.29, 1.82) is 0 Å². The van der Waals surface area contributed by atoms with Gasteiger partial charge in [0.25, 0.3) is 5.69 Å². The number of hydrogen-bond acceptors (Lipinski definition) is 3. The summed E-state index contributed by atoms with van der Waals surface area (Å²) >= 11 is 8.31. The molecule has 1 unspecified atom stereocenters. The molecule has 21 heavy (non-hydrogen) atoms. The van der Waals surface area contributed by atoms with Crippen molar-refractivity contribution in [3.63, 3.8) is 0 Å². The van der Waals surface area contributed by atoms with Crippen molar-refractivity contribution in [1.82, 2.24) is 5.32 Å². The molecule has 0 aliphatic carbocycles. The van der Waals surface area contributed by atoms with Gasteiger partial charge in [-0.15, -0.1) is 0 Å². The van der Waals surface area contributed by atoms with Crippen molar-refractivity contribution in [2.24, 2.45) is 0 Å². The molecule has 0 spiro atoms. The average molecular weight is 417 g/mol. The van der Waals surface area contributed by atoms with E-state index in [4.69, 9.17) is 11.6 Å². The number of hydrogen-bond donors (Lipinski definition) is 1. The molecular formula is C15H14ClIN2O2. The molecule has 2 aromatic rings. The Bertz CT molecular complexity index is 664. The molecule has 0 bridgehead atoms. The van der Waals surface area contributed by atoms with Crippen molar-refractivity contribution >= 4 is 39.9 Å². The summed E-state index contributed by atoms with van der Waals surface area (Å²) in [5.41, 5.74) is 1.90. The van der Waals surface area contributed by atoms with Gasteiger partial charge in [0.2, 0.25) is 0 Å². The maximum Gasteiger partial charge on any atom is 0.272 e. The van der Waals surface area contributed by atoms with Crippen LogP contribution in [0.5, 0.6) is 0 Å². The maximum atomic E-state index is 11.1. The molecule has 6 heteroatoms. The van der Waals surface area contributed by atoms with Crippen molar-refractivity contribution < 1.29 is 4.92 Å². The third kappa shape index (κ3) is 3.93. The first-order valence-electron chi connectivity index (χ1n) is 6.37. The minimum absolute atomic E-state index is 0.0308. The summed E-state index contributed by atoms with van der Waals surface area (Å²) in [6.07, 6.45) is 0.532. The van der Waals surface area contributed by atoms with Crippen LogP contribution in [-0.2, 0) is 6.42 Å². The van der Waals surface area contributed by atoms with Gasteiger partial charge < -0.3 is 5.32 Å². The number of rotatable bonds is 5. The first-order chi connectivity index (χ1) is 10.0. The summed E-state index contributed by atoms with van der Waals surface area (Å²) in [4.78, 5) is 10.8. The Morgan fingerprint density at radius 3 is 2.71 bits per heavy atom. The number of para-hydroxylation sites is 1. The molecule has 0 aromatic heterocycles. The molecule has 0 amide bonds. The second kappa shape index (κ2) is 7.20. The molecule has 0 aliphatic rings. The van der Waals surface area contributed by atoms with Crippen LogP contribution < -0.4 is 5.32 Å². The minimum Gasteiger partial charge on any atom is -0.313 e. The van der Waals surface area contributed by atoms with Crippen molar-refractivity contribution in [2.45, 2.75) is 12.5 Å². The van der Waals surface area contributed by atoms with Gasteiger partial charge in [0.1, 0.15) is 0 Å². The highest BCUT2D eigenvalue weighted by atomic mass is 127. The van der Waals surface area contributed by atoms with Gasteiger partial charge in [-0.2, -0.15) is 0 Å². The van der Waals surface area contributed by atoms with E-state index in [1.165, 1.54) is 6.07 Å². The molecule has 0 aliphatic heterocycles. The normalized spacial score (nSPS) is 12.1. The molecule has 2 aromatic carbocycles. The van der Waals surface area contributed by atoms with Crippen LogP contribution in [0.1, 0.15) is 17.2 Å². The Kier molecular flexibility index (Phi) is 5.55. The summed E-state index contributed by atoms with van der Waals surface area (Å²) in [5, 5.41) is 15.0. The molecule has 1 N–H and O–H groups in total. The topological polar surface area (TPSA) is 55.2 Å². The zero-order valence-corrected chi connectivity index (χ0v) is 14.3. The van der Waals surface area contributed by atoms with Gasteiger partial charge in [-0.1, -0.05) is 29.8 Å². The van der Waals surface area contributed by atoms with E-state index in [1.54, 1.807) is 12.1 Å². The summed E-state index contributed by atoms with van der Waals surface area (Å²) < 4.78 is 1.08. The van der Waals surface area contributed by atoms with Gasteiger partial charge in [0.05, 0.1) is 4.92 Å². The molecule has 0 saturated carbocycles. The lowest BCUT2D eigenvalue weighted by molar-refractivity contribution is -0.385. The van der Waals surface area contributed by atoms with E-state index < -0.39 is 0 Å². The SMILES string of the molecule is CNC(Cc1ccccc1[N+](=O)[O-])c1cc(Cl)ccc1I. The number of halogens is 2. The first-order valence-corrected chi connectivity index (χ1v) is 7.83. The Hall–Kier alpha value is -1.18. The molecule has 0 fully saturated rings. The zero-order chi connectivity index (χ0) is 15.4. The van der Waals surface area contributed by atoms with Crippen LogP contribution >= 0.6 is 34.2 Å². The highest BCUT2D eigenvalue weighted by Gasteiger charge is 2.19. The smallest absolute Gasteiger partial charge is 0.272 e. The number of benzene rings is 2. The van der Waals surface area contributed by atoms with Crippen molar-refractivity contribution in [3.8, 4) is 0 Å². The Morgan fingerprint density at radius 1 is 1.33 bits per heavy atom. The molecule has 0 radical (unpaired) electrons. The molecule has 110 valence electrons. The van der Waals surface area contributed by atoms with Gasteiger partial charge in [0, 0.05) is 26.3 Å². The number of likely N-dealkylation sites (N-methyl/N-ethyl adjacent to an activating group) is 1. The Labute approximate surface area is 141 Å². The first kappa shape index (κ1) is 16.2. The van der Waals surface area contributed by atoms with E-state index in [1.807, 2.05) is 31.3 Å². The fourth-order valence-corrected chi connectivity index (χ4v) is 3.12. The summed E-state index contributed by atoms with van der Waals surface area (Å²) in [6, 6.07) is 12.5. The van der Waals surface area contributed by atoms with E-state index in [-0.39, 0.29) is 16.7 Å². The molecule has 2 rings (SSSR count). The van der Waals surface area contributed by atoms with Gasteiger partial charge in [0.15, 0.2) is 0 Å². The third-order valence-electron chi connectivity index (χ3n) is 3.29. The van der Waals surface area contributed by atoms with Gasteiger partial charge in [-0.3, -0.25) is 10.1 Å². The standard InChI is InChI=1S/C15H14ClIN2O2/c1-18-14(12-9-11(16)6-7-13(12)17)8-10-4-2-3-5-15(10)19(20)21/h2-7,9,14,18H,8H2,1H3. The lowest BCUT2D eigenvalue weighted by Gasteiger charge is -2.18. The van der Waals surface area contributed by atoms with Crippen LogP contribution in [-0.4, -0.2) is 12.0 Å². The zero-order valence-electron chi connectivity index (χ0n) is 11.3. The van der Waals surface area contributed by atoms with Crippen molar-refractivity contribution in [2.75, 3.05) is 7.05 Å². The predicted octanol–water partition coefficient (Wildman–Crippen LogP) is 4.36. The number of nitro benzene ring substituents is 1. The van der Waals surface area contributed by atoms with Crippen LogP contribution in [0.4, 0.5) is 5.69 Å². The van der Waals surface area contributed by atoms with Crippen LogP contribution in [0.3, 0.4) is 0 Å². The van der Waals surface area contributed by atoms with Crippen molar-refractivity contribution in [3.05, 3.63) is 72.3 Å². The van der Waals surface area contributed by atoms with E-state index in [2.05, 4.69) is 27.9 Å². The van der Waals surface area contributed by atoms with E-state index in [0.717, 1.165) is 9.13 Å². The van der Waals surface area contributed by atoms with E-state index >= 15 is 0 Å². The fourth-order valence-electron chi connectivity index (χ4n) is 2.23. The van der Waals surface area contributed by atoms with Crippen LogP contribution in [0.25, 0.3) is 0 Å². The number of nitro groups is 1. The summed E-state index contributed by atoms with van der Waals surface area (Å²) in [7, 11) is 1.84. The average Bonchev–Trinajstić information content (AvgIpc) is 2.47. The largest absolute Gasteiger partial charge is 0.313 e. The second-order valence-corrected chi connectivity index (χ2v) is 6.20. The van der Waals surface area contributed by atoms with Crippen LogP contribution in [0.15, 0.2) is 42.5 Å². The van der Waals surface area contributed by atoms with Gasteiger partial charge >= 0.3 is 0 Å². The highest BCUT2D eigenvalue weighted by molar-refractivity contribution is 14.1. The quantitative estimate of drug-likeness (QED) is 0.448. The van der Waals surface area contributed by atoms with E-state index in [0.29, 0.717) is 17.0 Å². The summed E-state index contributed by atoms with van der Waals surface area (Å²) in [5.74, 6) is 0. The predicted molar refractivity (Wildman–Crippen MR) is 92.8 cm³/mol.